The van der Waals surface area contributed by atoms with Crippen molar-refractivity contribution in [1.82, 2.24) is 24.9 Å². The average molecular weight is 288 g/mol. The van der Waals surface area contributed by atoms with Crippen molar-refractivity contribution in [3.8, 4) is 0 Å². The van der Waals surface area contributed by atoms with Crippen LogP contribution in [0, 0.1) is 11.8 Å². The lowest BCUT2D eigenvalue weighted by Gasteiger charge is -2.33. The van der Waals surface area contributed by atoms with Gasteiger partial charge in [0.1, 0.15) is 6.33 Å². The van der Waals surface area contributed by atoms with E-state index in [4.69, 9.17) is 0 Å². The zero-order valence-corrected chi connectivity index (χ0v) is 12.9. The molecule has 0 aliphatic carbocycles. The second-order valence-corrected chi connectivity index (χ2v) is 6.32. The zero-order chi connectivity index (χ0) is 14.7. The summed E-state index contributed by atoms with van der Waals surface area (Å²) < 4.78 is 1.93. The second kappa shape index (κ2) is 6.39. The van der Waals surface area contributed by atoms with Crippen molar-refractivity contribution in [2.24, 2.45) is 11.8 Å². The monoisotopic (exact) mass is 288 g/mol. The fourth-order valence-corrected chi connectivity index (χ4v) is 2.97. The number of aromatic nitrogens is 4. The quantitative estimate of drug-likeness (QED) is 0.905. The molecule has 0 spiro atoms. The summed E-state index contributed by atoms with van der Waals surface area (Å²) in [6.07, 6.45) is 7.95. The van der Waals surface area contributed by atoms with Crippen LogP contribution in [0.2, 0.25) is 0 Å². The van der Waals surface area contributed by atoms with Crippen molar-refractivity contribution in [3.05, 3.63) is 18.7 Å². The van der Waals surface area contributed by atoms with Gasteiger partial charge in [-0.3, -0.25) is 4.40 Å². The largest absolute Gasteiger partial charge is 0.353 e. The van der Waals surface area contributed by atoms with Crippen LogP contribution in [0.1, 0.15) is 26.7 Å². The molecule has 2 aromatic heterocycles. The summed E-state index contributed by atoms with van der Waals surface area (Å²) in [7, 11) is 0. The Morgan fingerprint density at radius 1 is 1.43 bits per heavy atom. The number of rotatable bonds is 5. The number of hydrogen-bond acceptors (Lipinski definition) is 5. The fourth-order valence-electron chi connectivity index (χ4n) is 2.97. The number of nitrogens with one attached hydrogen (secondary N) is 1. The molecule has 1 aliphatic heterocycles. The Kier molecular flexibility index (Phi) is 4.34. The molecule has 6 nitrogen and oxygen atoms in total. The molecule has 114 valence electrons. The minimum atomic E-state index is 0.683. The maximum Gasteiger partial charge on any atom is 0.203 e. The third kappa shape index (κ3) is 3.32. The Labute approximate surface area is 125 Å². The summed E-state index contributed by atoms with van der Waals surface area (Å²) in [5.41, 5.74) is 0.855. The van der Waals surface area contributed by atoms with Gasteiger partial charge in [-0.15, -0.1) is 10.2 Å². The molecule has 3 heterocycles. The molecule has 1 fully saturated rings. The van der Waals surface area contributed by atoms with Gasteiger partial charge in [-0.05, 0) is 37.8 Å². The third-order valence-electron chi connectivity index (χ3n) is 4.00. The lowest BCUT2D eigenvalue weighted by atomic mass is 9.98. The van der Waals surface area contributed by atoms with E-state index in [1.165, 1.54) is 12.8 Å². The predicted molar refractivity (Wildman–Crippen MR) is 83.4 cm³/mol. The van der Waals surface area contributed by atoms with Crippen molar-refractivity contribution in [2.45, 2.75) is 26.7 Å². The van der Waals surface area contributed by atoms with E-state index in [0.717, 1.165) is 37.6 Å². The molecule has 1 unspecified atom stereocenters. The molecule has 2 aromatic rings. The number of piperidine rings is 1. The van der Waals surface area contributed by atoms with Gasteiger partial charge in [0.2, 0.25) is 5.65 Å². The summed E-state index contributed by atoms with van der Waals surface area (Å²) in [5, 5.41) is 11.8. The molecule has 6 heteroatoms. The lowest BCUT2D eigenvalue weighted by Crippen LogP contribution is -2.40. The van der Waals surface area contributed by atoms with Crippen LogP contribution < -0.4 is 10.2 Å². The SMILES string of the molecule is CC(C)CNCC1CCCN(c2nccn3cnnc23)C1. The highest BCUT2D eigenvalue weighted by atomic mass is 15.3. The standard InChI is InChI=1S/C15H24N6/c1-12(2)8-16-9-13-4-3-6-20(10-13)14-15-19-18-11-21(15)7-5-17-14/h5,7,11-13,16H,3-4,6,8-10H2,1-2H3. The van der Waals surface area contributed by atoms with E-state index in [2.05, 4.69) is 39.2 Å². The van der Waals surface area contributed by atoms with Crippen LogP contribution in [0.4, 0.5) is 5.82 Å². The predicted octanol–water partition coefficient (Wildman–Crippen LogP) is 1.59. The normalized spacial score (nSPS) is 19.6. The molecular formula is C15H24N6. The van der Waals surface area contributed by atoms with Crippen molar-refractivity contribution in [3.63, 3.8) is 0 Å². The number of hydrogen-bond donors (Lipinski definition) is 1. The Hall–Kier alpha value is -1.69. The van der Waals surface area contributed by atoms with E-state index in [9.17, 15) is 0 Å². The molecule has 1 atom stereocenters. The van der Waals surface area contributed by atoms with Gasteiger partial charge in [0.25, 0.3) is 0 Å². The summed E-state index contributed by atoms with van der Waals surface area (Å²) >= 11 is 0. The van der Waals surface area contributed by atoms with Crippen molar-refractivity contribution >= 4 is 11.5 Å². The minimum Gasteiger partial charge on any atom is -0.353 e. The fraction of sp³-hybridized carbons (Fsp3) is 0.667. The van der Waals surface area contributed by atoms with Crippen molar-refractivity contribution < 1.29 is 0 Å². The van der Waals surface area contributed by atoms with Gasteiger partial charge < -0.3 is 10.2 Å². The van der Waals surface area contributed by atoms with E-state index in [-0.39, 0.29) is 0 Å². The molecule has 1 saturated heterocycles. The average Bonchev–Trinajstić information content (AvgIpc) is 2.95. The van der Waals surface area contributed by atoms with E-state index >= 15 is 0 Å². The molecule has 0 amide bonds. The van der Waals surface area contributed by atoms with Crippen LogP contribution in [0.15, 0.2) is 18.7 Å². The van der Waals surface area contributed by atoms with Crippen molar-refractivity contribution in [1.29, 1.82) is 0 Å². The third-order valence-corrected chi connectivity index (χ3v) is 4.00. The smallest absolute Gasteiger partial charge is 0.203 e. The molecular weight excluding hydrogens is 264 g/mol. The highest BCUT2D eigenvalue weighted by Gasteiger charge is 2.22. The van der Waals surface area contributed by atoms with Gasteiger partial charge in [-0.25, -0.2) is 4.98 Å². The molecule has 1 aliphatic rings. The summed E-state index contributed by atoms with van der Waals surface area (Å²) in [5.74, 6) is 2.35. The molecule has 0 radical (unpaired) electrons. The van der Waals surface area contributed by atoms with E-state index < -0.39 is 0 Å². The summed E-state index contributed by atoms with van der Waals surface area (Å²) in [4.78, 5) is 6.88. The Bertz CT molecular complexity index is 578. The first-order valence-corrected chi connectivity index (χ1v) is 7.84. The molecule has 1 N–H and O–H groups in total. The Balaban J connectivity index is 1.67. The first-order valence-electron chi connectivity index (χ1n) is 7.84. The van der Waals surface area contributed by atoms with Crippen molar-refractivity contribution in [2.75, 3.05) is 31.1 Å². The minimum absolute atomic E-state index is 0.683. The van der Waals surface area contributed by atoms with Crippen LogP contribution in [-0.2, 0) is 0 Å². The van der Waals surface area contributed by atoms with Gasteiger partial charge in [0.15, 0.2) is 5.82 Å². The number of nitrogens with zero attached hydrogens (tertiary/aromatic N) is 5. The van der Waals surface area contributed by atoms with E-state index in [1.54, 1.807) is 6.33 Å². The second-order valence-electron chi connectivity index (χ2n) is 6.32. The zero-order valence-electron chi connectivity index (χ0n) is 12.9. The maximum absolute atomic E-state index is 4.53. The topological polar surface area (TPSA) is 58.4 Å². The van der Waals surface area contributed by atoms with Gasteiger partial charge in [-0.2, -0.15) is 0 Å². The first-order chi connectivity index (χ1) is 10.2. The van der Waals surface area contributed by atoms with Gasteiger partial charge >= 0.3 is 0 Å². The number of fused-ring (bicyclic) bond motifs is 1. The van der Waals surface area contributed by atoms with Crippen LogP contribution in [0.3, 0.4) is 0 Å². The molecule has 3 rings (SSSR count). The molecule has 0 bridgehead atoms. The Morgan fingerprint density at radius 2 is 2.33 bits per heavy atom. The summed E-state index contributed by atoms with van der Waals surface area (Å²) in [6, 6.07) is 0. The van der Waals surface area contributed by atoms with Crippen LogP contribution in [-0.4, -0.2) is 45.8 Å². The molecule has 0 saturated carbocycles. The van der Waals surface area contributed by atoms with Gasteiger partial charge in [0, 0.05) is 25.5 Å². The van der Waals surface area contributed by atoms with E-state index in [0.29, 0.717) is 11.8 Å². The van der Waals surface area contributed by atoms with Gasteiger partial charge in [0.05, 0.1) is 0 Å². The van der Waals surface area contributed by atoms with E-state index in [1.807, 2.05) is 16.8 Å². The van der Waals surface area contributed by atoms with Gasteiger partial charge in [-0.1, -0.05) is 13.8 Å². The first kappa shape index (κ1) is 14.3. The lowest BCUT2D eigenvalue weighted by molar-refractivity contribution is 0.381. The summed E-state index contributed by atoms with van der Waals surface area (Å²) in [6.45, 7) is 8.77. The Morgan fingerprint density at radius 3 is 3.19 bits per heavy atom. The molecule has 0 aromatic carbocycles. The maximum atomic E-state index is 4.53. The highest BCUT2D eigenvalue weighted by molar-refractivity contribution is 5.63. The highest BCUT2D eigenvalue weighted by Crippen LogP contribution is 2.23. The molecule has 21 heavy (non-hydrogen) atoms. The van der Waals surface area contributed by atoms with Crippen LogP contribution >= 0.6 is 0 Å². The number of anilines is 1. The van der Waals surface area contributed by atoms with Crippen LogP contribution in [0.5, 0.6) is 0 Å². The van der Waals surface area contributed by atoms with Crippen LogP contribution in [0.25, 0.3) is 5.65 Å².